The highest BCUT2D eigenvalue weighted by Gasteiger charge is 2.14. The molecule has 0 aliphatic heterocycles. The maximum absolute atomic E-state index is 10.8. The molecule has 1 rings (SSSR count). The van der Waals surface area contributed by atoms with Gasteiger partial charge in [-0.25, -0.2) is 4.57 Å². The van der Waals surface area contributed by atoms with Crippen LogP contribution in [0.25, 0.3) is 0 Å². The van der Waals surface area contributed by atoms with E-state index in [4.69, 9.17) is 4.52 Å². The van der Waals surface area contributed by atoms with Crippen molar-refractivity contribution in [2.45, 2.75) is 0 Å². The van der Waals surface area contributed by atoms with Gasteiger partial charge >= 0.3 is 13.9 Å². The van der Waals surface area contributed by atoms with Gasteiger partial charge < -0.3 is 14.2 Å². The lowest BCUT2D eigenvalue weighted by Crippen LogP contribution is -1.89. The number of aromatic hydroxyl groups is 1. The molecule has 0 fully saturated rings. The van der Waals surface area contributed by atoms with Gasteiger partial charge in [0.15, 0.2) is 5.75 Å². The fourth-order valence-electron chi connectivity index (χ4n) is 0.859. The van der Waals surface area contributed by atoms with Gasteiger partial charge in [-0.15, -0.1) is 0 Å². The first-order valence-corrected chi connectivity index (χ1v) is 5.00. The first-order valence-electron chi connectivity index (χ1n) is 3.78. The van der Waals surface area contributed by atoms with Crippen LogP contribution in [0, 0.1) is 10.1 Å². The van der Waals surface area contributed by atoms with Crippen molar-refractivity contribution in [3.05, 3.63) is 28.3 Å². The largest absolute Gasteiger partial charge is 0.502 e. The second kappa shape index (κ2) is 4.77. The topological polar surface area (TPSA) is 98.9 Å². The van der Waals surface area contributed by atoms with Crippen molar-refractivity contribution >= 4 is 13.9 Å². The standard InChI is InChI=1S/C7H8NO6P/c1-13-15(12)14-5-2-3-6(8(10)11)7(9)4-5/h2-4,9,15H,1H3. The maximum atomic E-state index is 10.8. The van der Waals surface area contributed by atoms with Crippen molar-refractivity contribution in [3.63, 3.8) is 0 Å². The Morgan fingerprint density at radius 1 is 1.53 bits per heavy atom. The molecule has 1 atom stereocenters. The molecule has 0 heterocycles. The minimum atomic E-state index is -2.66. The van der Waals surface area contributed by atoms with Crippen molar-refractivity contribution in [2.75, 3.05) is 7.11 Å². The second-order valence-corrected chi connectivity index (χ2v) is 3.58. The molecule has 0 aliphatic rings. The van der Waals surface area contributed by atoms with Crippen LogP contribution in [0.5, 0.6) is 11.5 Å². The minimum Gasteiger partial charge on any atom is -0.502 e. The highest BCUT2D eigenvalue weighted by atomic mass is 31.1. The zero-order valence-corrected chi connectivity index (χ0v) is 8.67. The smallest absolute Gasteiger partial charge is 0.367 e. The maximum Gasteiger partial charge on any atom is 0.367 e. The van der Waals surface area contributed by atoms with E-state index in [-0.39, 0.29) is 5.75 Å². The van der Waals surface area contributed by atoms with Crippen LogP contribution in [0.2, 0.25) is 0 Å². The minimum absolute atomic E-state index is 0.0452. The first kappa shape index (κ1) is 11.5. The average Bonchev–Trinajstić information content (AvgIpc) is 2.17. The van der Waals surface area contributed by atoms with Crippen LogP contribution in [0.4, 0.5) is 5.69 Å². The van der Waals surface area contributed by atoms with Gasteiger partial charge in [-0.2, -0.15) is 0 Å². The van der Waals surface area contributed by atoms with Crippen LogP contribution in [0.15, 0.2) is 18.2 Å². The number of hydrogen-bond acceptors (Lipinski definition) is 6. The molecule has 1 aromatic rings. The van der Waals surface area contributed by atoms with Gasteiger partial charge in [-0.05, 0) is 6.07 Å². The summed E-state index contributed by atoms with van der Waals surface area (Å²) in [7, 11) is -1.46. The summed E-state index contributed by atoms with van der Waals surface area (Å²) < 4.78 is 19.9. The molecule has 82 valence electrons. The highest BCUT2D eigenvalue weighted by Crippen LogP contribution is 2.34. The number of rotatable bonds is 4. The number of phenols is 1. The van der Waals surface area contributed by atoms with E-state index in [0.29, 0.717) is 0 Å². The van der Waals surface area contributed by atoms with Gasteiger partial charge in [0.25, 0.3) is 0 Å². The summed E-state index contributed by atoms with van der Waals surface area (Å²) in [5.74, 6) is -0.507. The predicted octanol–water partition coefficient (Wildman–Crippen LogP) is 1.72. The molecule has 0 amide bonds. The third kappa shape index (κ3) is 2.93. The molecule has 8 heteroatoms. The highest BCUT2D eigenvalue weighted by molar-refractivity contribution is 7.33. The molecule has 0 saturated carbocycles. The number of benzene rings is 1. The Bertz CT molecular complexity index is 406. The van der Waals surface area contributed by atoms with E-state index in [9.17, 15) is 19.8 Å². The summed E-state index contributed by atoms with van der Waals surface area (Å²) in [6.07, 6.45) is 0. The molecule has 1 unspecified atom stereocenters. The van der Waals surface area contributed by atoms with Crippen molar-refractivity contribution in [3.8, 4) is 11.5 Å². The summed E-state index contributed by atoms with van der Waals surface area (Å²) in [5, 5.41) is 19.5. The molecular weight excluding hydrogens is 225 g/mol. The Balaban J connectivity index is 2.91. The molecule has 1 N–H and O–H groups in total. The van der Waals surface area contributed by atoms with E-state index in [0.717, 1.165) is 12.1 Å². The van der Waals surface area contributed by atoms with Gasteiger partial charge in [-0.1, -0.05) is 0 Å². The van der Waals surface area contributed by atoms with Crippen LogP contribution in [-0.2, 0) is 9.09 Å². The number of hydrogen-bond donors (Lipinski definition) is 1. The Morgan fingerprint density at radius 2 is 2.20 bits per heavy atom. The van der Waals surface area contributed by atoms with Crippen LogP contribution in [0.3, 0.4) is 0 Å². The molecule has 0 aromatic heterocycles. The van der Waals surface area contributed by atoms with Crippen molar-refractivity contribution in [1.29, 1.82) is 0 Å². The van der Waals surface area contributed by atoms with E-state index < -0.39 is 24.6 Å². The summed E-state index contributed by atoms with van der Waals surface area (Å²) >= 11 is 0. The summed E-state index contributed by atoms with van der Waals surface area (Å²) in [6, 6.07) is 3.27. The molecule has 0 bridgehead atoms. The quantitative estimate of drug-likeness (QED) is 0.482. The van der Waals surface area contributed by atoms with Crippen LogP contribution >= 0.6 is 8.25 Å². The van der Waals surface area contributed by atoms with Crippen molar-refractivity contribution < 1.29 is 23.6 Å². The van der Waals surface area contributed by atoms with E-state index >= 15 is 0 Å². The van der Waals surface area contributed by atoms with E-state index in [1.165, 1.54) is 13.2 Å². The summed E-state index contributed by atoms with van der Waals surface area (Å²) in [6.45, 7) is 0. The third-order valence-electron chi connectivity index (χ3n) is 1.51. The lowest BCUT2D eigenvalue weighted by atomic mass is 10.3. The predicted molar refractivity (Wildman–Crippen MR) is 51.4 cm³/mol. The average molecular weight is 233 g/mol. The van der Waals surface area contributed by atoms with Crippen LogP contribution < -0.4 is 4.52 Å². The fraction of sp³-hybridized carbons (Fsp3) is 0.143. The molecule has 0 radical (unpaired) electrons. The molecule has 15 heavy (non-hydrogen) atoms. The van der Waals surface area contributed by atoms with Crippen molar-refractivity contribution in [2.24, 2.45) is 0 Å². The molecule has 0 spiro atoms. The number of nitro groups is 1. The molecule has 0 aliphatic carbocycles. The number of nitrogens with zero attached hydrogens (tertiary/aromatic N) is 1. The van der Waals surface area contributed by atoms with Gasteiger partial charge in [-0.3, -0.25) is 10.1 Å². The van der Waals surface area contributed by atoms with E-state index in [1.807, 2.05) is 0 Å². The van der Waals surface area contributed by atoms with Gasteiger partial charge in [0.2, 0.25) is 0 Å². The van der Waals surface area contributed by atoms with E-state index in [2.05, 4.69) is 4.52 Å². The second-order valence-electron chi connectivity index (χ2n) is 2.46. The SMILES string of the molecule is CO[PH](=O)Oc1ccc([N+](=O)[O-])c(O)c1. The normalized spacial score (nSPS) is 12.1. The lowest BCUT2D eigenvalue weighted by Gasteiger charge is -2.04. The van der Waals surface area contributed by atoms with Gasteiger partial charge in [0.1, 0.15) is 5.75 Å². The van der Waals surface area contributed by atoms with Crippen LogP contribution in [0.1, 0.15) is 0 Å². The molecule has 0 saturated heterocycles. The number of nitro benzene ring substituents is 1. The number of phenolic OH excluding ortho intramolecular Hbond substituents is 1. The van der Waals surface area contributed by atoms with Crippen molar-refractivity contribution in [1.82, 2.24) is 0 Å². The Hall–Kier alpha value is -1.59. The monoisotopic (exact) mass is 233 g/mol. The summed E-state index contributed by atoms with van der Waals surface area (Å²) in [5.41, 5.74) is -0.445. The summed E-state index contributed by atoms with van der Waals surface area (Å²) in [4.78, 5) is 9.60. The zero-order chi connectivity index (χ0) is 11.4. The third-order valence-corrected chi connectivity index (χ3v) is 2.25. The first-order chi connectivity index (χ1) is 7.04. The Labute approximate surface area is 85.3 Å². The fourth-order valence-corrected chi connectivity index (χ4v) is 1.26. The molecule has 7 nitrogen and oxygen atoms in total. The van der Waals surface area contributed by atoms with Gasteiger partial charge in [0.05, 0.1) is 4.92 Å². The lowest BCUT2D eigenvalue weighted by molar-refractivity contribution is -0.385. The molecular formula is C7H8NO6P. The Morgan fingerprint density at radius 3 is 2.67 bits per heavy atom. The van der Waals surface area contributed by atoms with E-state index in [1.54, 1.807) is 0 Å². The van der Waals surface area contributed by atoms with Gasteiger partial charge in [0, 0.05) is 19.2 Å². The zero-order valence-electron chi connectivity index (χ0n) is 7.67. The molecule has 1 aromatic carbocycles. The Kier molecular flexibility index (Phi) is 3.65. The van der Waals surface area contributed by atoms with Crippen LogP contribution in [-0.4, -0.2) is 17.1 Å².